The Bertz CT molecular complexity index is 1540. The van der Waals surface area contributed by atoms with Gasteiger partial charge >= 0.3 is 5.69 Å². The predicted molar refractivity (Wildman–Crippen MR) is 139 cm³/mol. The van der Waals surface area contributed by atoms with Crippen molar-refractivity contribution < 1.29 is 4.74 Å². The summed E-state index contributed by atoms with van der Waals surface area (Å²) in [4.78, 5) is 29.9. The molecule has 1 N–H and O–H groups in total. The maximum absolute atomic E-state index is 12.7. The summed E-state index contributed by atoms with van der Waals surface area (Å²) in [6.07, 6.45) is 5.78. The first-order chi connectivity index (χ1) is 17.2. The van der Waals surface area contributed by atoms with Gasteiger partial charge in [0.05, 0.1) is 30.0 Å². The number of aryl methyl sites for hydroxylation is 3. The molecule has 0 spiro atoms. The van der Waals surface area contributed by atoms with Crippen molar-refractivity contribution in [1.29, 1.82) is 0 Å². The Morgan fingerprint density at radius 2 is 1.94 bits per heavy atom. The van der Waals surface area contributed by atoms with Gasteiger partial charge in [-0.2, -0.15) is 5.10 Å². The molecule has 0 aliphatic carbocycles. The monoisotopic (exact) mass is 508 g/mol. The molecule has 5 rings (SSSR count). The molecule has 1 aromatic carbocycles. The molecule has 0 saturated carbocycles. The van der Waals surface area contributed by atoms with E-state index >= 15 is 0 Å². The normalized spacial score (nSPS) is 18.1. The van der Waals surface area contributed by atoms with E-state index in [0.717, 1.165) is 46.6 Å². The highest BCUT2D eigenvalue weighted by atomic mass is 35.5. The van der Waals surface area contributed by atoms with Crippen LogP contribution in [-0.2, 0) is 24.8 Å². The summed E-state index contributed by atoms with van der Waals surface area (Å²) >= 11 is 6.50. The molecule has 10 heteroatoms. The van der Waals surface area contributed by atoms with E-state index in [-0.39, 0.29) is 30.0 Å². The van der Waals surface area contributed by atoms with E-state index in [1.807, 2.05) is 31.3 Å². The SMILES string of the molecule is Cc1cc(Cl)cc(-c2ncnn3cc(Cn4c(=O)c(C)cn(C)c4=O)cc23)c1CC1CNC[C@H](C)O1. The maximum Gasteiger partial charge on any atom is 0.331 e. The first-order valence-corrected chi connectivity index (χ1v) is 12.3. The smallest absolute Gasteiger partial charge is 0.331 e. The standard InChI is InChI=1S/C26H29ClN6O3/c1-15-5-19(27)7-22(21(15)8-20-10-28-9-17(3)36-20)24-23-6-18(13-33(23)30-14-29-24)12-32-25(34)16(2)11-31(4)26(32)35/h5-7,11,13-14,17,20,28H,8-10,12H2,1-4H3/t17-,20?/m0/s1. The molecule has 4 heterocycles. The van der Waals surface area contributed by atoms with Gasteiger partial charge in [-0.1, -0.05) is 11.6 Å². The highest BCUT2D eigenvalue weighted by Gasteiger charge is 2.23. The number of hydrogen-bond donors (Lipinski definition) is 1. The van der Waals surface area contributed by atoms with E-state index in [1.54, 1.807) is 24.7 Å². The van der Waals surface area contributed by atoms with Crippen LogP contribution in [0.4, 0.5) is 0 Å². The lowest BCUT2D eigenvalue weighted by molar-refractivity contribution is -0.0262. The average molecular weight is 509 g/mol. The van der Waals surface area contributed by atoms with E-state index in [2.05, 4.69) is 22.3 Å². The number of aromatic nitrogens is 5. The molecule has 1 unspecified atom stereocenters. The van der Waals surface area contributed by atoms with Gasteiger partial charge in [-0.3, -0.25) is 9.36 Å². The molecule has 3 aromatic heterocycles. The molecule has 0 amide bonds. The number of morpholine rings is 1. The van der Waals surface area contributed by atoms with E-state index in [0.29, 0.717) is 17.0 Å². The van der Waals surface area contributed by atoms with Crippen molar-refractivity contribution >= 4 is 17.1 Å². The number of nitrogens with zero attached hydrogens (tertiary/aromatic N) is 5. The van der Waals surface area contributed by atoms with E-state index < -0.39 is 0 Å². The summed E-state index contributed by atoms with van der Waals surface area (Å²) in [5.74, 6) is 0. The Morgan fingerprint density at radius 3 is 2.72 bits per heavy atom. The number of fused-ring (bicyclic) bond motifs is 1. The number of rotatable bonds is 5. The average Bonchev–Trinajstić information content (AvgIpc) is 3.25. The van der Waals surface area contributed by atoms with Gasteiger partial charge in [0.2, 0.25) is 0 Å². The Morgan fingerprint density at radius 1 is 1.14 bits per heavy atom. The van der Waals surface area contributed by atoms with Crippen LogP contribution in [0.5, 0.6) is 0 Å². The zero-order valence-electron chi connectivity index (χ0n) is 20.8. The van der Waals surface area contributed by atoms with Gasteiger partial charge in [0.15, 0.2) is 0 Å². The fourth-order valence-corrected chi connectivity index (χ4v) is 5.24. The van der Waals surface area contributed by atoms with Crippen molar-refractivity contribution in [2.24, 2.45) is 7.05 Å². The van der Waals surface area contributed by atoms with Crippen molar-refractivity contribution in [1.82, 2.24) is 29.0 Å². The third-order valence-electron chi connectivity index (χ3n) is 6.66. The fraction of sp³-hybridized carbons (Fsp3) is 0.385. The first-order valence-electron chi connectivity index (χ1n) is 12.0. The second-order valence-electron chi connectivity index (χ2n) is 9.56. The fourth-order valence-electron chi connectivity index (χ4n) is 4.97. The van der Waals surface area contributed by atoms with Gasteiger partial charge in [0.1, 0.15) is 6.33 Å². The van der Waals surface area contributed by atoms with Crippen LogP contribution in [0.2, 0.25) is 5.02 Å². The molecule has 0 bridgehead atoms. The van der Waals surface area contributed by atoms with Crippen LogP contribution in [0.3, 0.4) is 0 Å². The van der Waals surface area contributed by atoms with Crippen molar-refractivity contribution in [2.45, 2.75) is 45.9 Å². The van der Waals surface area contributed by atoms with Gasteiger partial charge in [-0.05, 0) is 55.7 Å². The zero-order chi connectivity index (χ0) is 25.6. The predicted octanol–water partition coefficient (Wildman–Crippen LogP) is 2.49. The Labute approximate surface area is 213 Å². The topological polar surface area (TPSA) is 95.5 Å². The number of hydrogen-bond acceptors (Lipinski definition) is 6. The second kappa shape index (κ2) is 9.65. The summed E-state index contributed by atoms with van der Waals surface area (Å²) in [5, 5.41) is 8.43. The minimum absolute atomic E-state index is 0.0389. The minimum atomic E-state index is -0.366. The number of benzene rings is 1. The van der Waals surface area contributed by atoms with Crippen LogP contribution < -0.4 is 16.6 Å². The highest BCUT2D eigenvalue weighted by molar-refractivity contribution is 6.31. The molecule has 1 saturated heterocycles. The molecule has 188 valence electrons. The molecule has 0 radical (unpaired) electrons. The largest absolute Gasteiger partial charge is 0.372 e. The van der Waals surface area contributed by atoms with Crippen molar-refractivity contribution in [3.8, 4) is 11.3 Å². The molecule has 36 heavy (non-hydrogen) atoms. The third-order valence-corrected chi connectivity index (χ3v) is 6.88. The number of nitrogens with one attached hydrogen (secondary N) is 1. The van der Waals surface area contributed by atoms with Crippen LogP contribution >= 0.6 is 11.6 Å². The van der Waals surface area contributed by atoms with Crippen molar-refractivity contribution in [3.63, 3.8) is 0 Å². The Kier molecular flexibility index (Phi) is 6.55. The molecular formula is C26H29ClN6O3. The molecule has 9 nitrogen and oxygen atoms in total. The number of ether oxygens (including phenoxy) is 1. The quantitative estimate of drug-likeness (QED) is 0.445. The lowest BCUT2D eigenvalue weighted by atomic mass is 9.93. The molecule has 2 atom stereocenters. The Hall–Kier alpha value is -3.27. The van der Waals surface area contributed by atoms with Gasteiger partial charge in [0, 0.05) is 55.1 Å². The number of halogens is 1. The Balaban J connectivity index is 1.59. The van der Waals surface area contributed by atoms with Crippen molar-refractivity contribution in [3.05, 3.63) is 85.0 Å². The third kappa shape index (κ3) is 4.61. The van der Waals surface area contributed by atoms with Gasteiger partial charge in [-0.15, -0.1) is 0 Å². The molecule has 1 fully saturated rings. The van der Waals surface area contributed by atoms with Crippen molar-refractivity contribution in [2.75, 3.05) is 13.1 Å². The van der Waals surface area contributed by atoms with Crippen LogP contribution in [0.25, 0.3) is 16.8 Å². The minimum Gasteiger partial charge on any atom is -0.372 e. The zero-order valence-corrected chi connectivity index (χ0v) is 21.5. The van der Waals surface area contributed by atoms with E-state index in [9.17, 15) is 9.59 Å². The first kappa shape index (κ1) is 24.4. The van der Waals surface area contributed by atoms with E-state index in [1.165, 1.54) is 15.5 Å². The summed E-state index contributed by atoms with van der Waals surface area (Å²) in [6.45, 7) is 7.57. The lowest BCUT2D eigenvalue weighted by Crippen LogP contribution is -2.44. The van der Waals surface area contributed by atoms with Gasteiger partial charge in [0.25, 0.3) is 5.56 Å². The van der Waals surface area contributed by atoms with Gasteiger partial charge in [-0.25, -0.2) is 14.3 Å². The summed E-state index contributed by atoms with van der Waals surface area (Å²) < 4.78 is 10.5. The molecular weight excluding hydrogens is 480 g/mol. The highest BCUT2D eigenvalue weighted by Crippen LogP contribution is 2.33. The summed E-state index contributed by atoms with van der Waals surface area (Å²) in [5.41, 5.74) is 5.22. The van der Waals surface area contributed by atoms with Crippen LogP contribution in [0.15, 0.2) is 46.5 Å². The second-order valence-corrected chi connectivity index (χ2v) is 10.0. The molecule has 1 aliphatic heterocycles. The molecule has 4 aromatic rings. The van der Waals surface area contributed by atoms with Crippen LogP contribution in [0, 0.1) is 13.8 Å². The van der Waals surface area contributed by atoms with E-state index in [4.69, 9.17) is 16.3 Å². The van der Waals surface area contributed by atoms with Gasteiger partial charge < -0.3 is 14.6 Å². The summed E-state index contributed by atoms with van der Waals surface area (Å²) in [7, 11) is 1.64. The van der Waals surface area contributed by atoms with Crippen LogP contribution in [-0.4, -0.2) is 49.0 Å². The lowest BCUT2D eigenvalue weighted by Gasteiger charge is -2.30. The molecule has 1 aliphatic rings. The maximum atomic E-state index is 12.7. The summed E-state index contributed by atoms with van der Waals surface area (Å²) in [6, 6.07) is 5.81. The van der Waals surface area contributed by atoms with Crippen LogP contribution in [0.1, 0.15) is 29.2 Å².